The minimum atomic E-state index is -0.245. The normalized spacial score (nSPS) is 10.7. The number of hydrogen-bond donors (Lipinski definition) is 1. The molecular formula is C11H12FN3O. The standard InChI is InChI=1S/C11H12FN3O/c1-7-6-8(2-3-9(7)12)11-14-10(4-5-13)15-16-11/h2-3,6H,4-5,13H2,1H3. The molecule has 0 amide bonds. The maximum absolute atomic E-state index is 13.1. The lowest BCUT2D eigenvalue weighted by Crippen LogP contribution is -2.03. The Bertz CT molecular complexity index is 496. The molecular weight excluding hydrogens is 209 g/mol. The third kappa shape index (κ3) is 2.09. The Morgan fingerprint density at radius 1 is 1.44 bits per heavy atom. The van der Waals surface area contributed by atoms with Crippen molar-refractivity contribution >= 4 is 0 Å². The first kappa shape index (κ1) is 10.8. The lowest BCUT2D eigenvalue weighted by atomic mass is 10.1. The number of aryl methyl sites for hydroxylation is 1. The van der Waals surface area contributed by atoms with Crippen LogP contribution in [0.5, 0.6) is 0 Å². The summed E-state index contributed by atoms with van der Waals surface area (Å²) in [4.78, 5) is 4.16. The van der Waals surface area contributed by atoms with Gasteiger partial charge < -0.3 is 10.3 Å². The van der Waals surface area contributed by atoms with Crippen molar-refractivity contribution in [1.82, 2.24) is 10.1 Å². The van der Waals surface area contributed by atoms with Crippen LogP contribution in [0.25, 0.3) is 11.5 Å². The van der Waals surface area contributed by atoms with Crippen LogP contribution in [0.1, 0.15) is 11.4 Å². The van der Waals surface area contributed by atoms with E-state index in [0.717, 1.165) is 5.56 Å². The molecule has 2 rings (SSSR count). The Hall–Kier alpha value is -1.75. The number of hydrogen-bond acceptors (Lipinski definition) is 4. The third-order valence-electron chi connectivity index (χ3n) is 2.24. The highest BCUT2D eigenvalue weighted by Crippen LogP contribution is 2.19. The topological polar surface area (TPSA) is 64.9 Å². The van der Waals surface area contributed by atoms with Gasteiger partial charge in [-0.1, -0.05) is 5.16 Å². The zero-order chi connectivity index (χ0) is 11.5. The third-order valence-corrected chi connectivity index (χ3v) is 2.24. The second-order valence-corrected chi connectivity index (χ2v) is 3.52. The van der Waals surface area contributed by atoms with Crippen LogP contribution in [-0.4, -0.2) is 16.7 Å². The van der Waals surface area contributed by atoms with Crippen LogP contribution in [0.15, 0.2) is 22.7 Å². The SMILES string of the molecule is Cc1cc(-c2nc(CCN)no2)ccc1F. The monoisotopic (exact) mass is 221 g/mol. The molecule has 0 atom stereocenters. The van der Waals surface area contributed by atoms with E-state index in [2.05, 4.69) is 10.1 Å². The summed E-state index contributed by atoms with van der Waals surface area (Å²) in [7, 11) is 0. The van der Waals surface area contributed by atoms with Gasteiger partial charge in [-0.15, -0.1) is 0 Å². The minimum absolute atomic E-state index is 0.245. The van der Waals surface area contributed by atoms with Gasteiger partial charge in [0.05, 0.1) is 0 Å². The van der Waals surface area contributed by atoms with Crippen LogP contribution in [0.3, 0.4) is 0 Å². The Kier molecular flexibility index (Phi) is 2.96. The highest BCUT2D eigenvalue weighted by Gasteiger charge is 2.09. The maximum atomic E-state index is 13.1. The first-order chi connectivity index (χ1) is 7.70. The van der Waals surface area contributed by atoms with E-state index < -0.39 is 0 Å². The molecule has 2 N–H and O–H groups in total. The van der Waals surface area contributed by atoms with Gasteiger partial charge in [0.1, 0.15) is 5.82 Å². The lowest BCUT2D eigenvalue weighted by Gasteiger charge is -1.97. The van der Waals surface area contributed by atoms with Crippen molar-refractivity contribution in [2.24, 2.45) is 5.73 Å². The molecule has 1 aromatic heterocycles. The van der Waals surface area contributed by atoms with Crippen molar-refractivity contribution in [3.63, 3.8) is 0 Å². The number of benzene rings is 1. The summed E-state index contributed by atoms with van der Waals surface area (Å²) < 4.78 is 18.1. The molecule has 0 saturated carbocycles. The summed E-state index contributed by atoms with van der Waals surface area (Å²) in [6, 6.07) is 4.68. The molecule has 0 aliphatic rings. The van der Waals surface area contributed by atoms with Crippen LogP contribution >= 0.6 is 0 Å². The smallest absolute Gasteiger partial charge is 0.257 e. The number of nitrogens with two attached hydrogens (primary N) is 1. The zero-order valence-corrected chi connectivity index (χ0v) is 8.90. The van der Waals surface area contributed by atoms with E-state index in [4.69, 9.17) is 10.3 Å². The van der Waals surface area contributed by atoms with E-state index in [0.29, 0.717) is 30.2 Å². The molecule has 1 heterocycles. The van der Waals surface area contributed by atoms with Gasteiger partial charge >= 0.3 is 0 Å². The van der Waals surface area contributed by atoms with E-state index in [1.54, 1.807) is 19.1 Å². The summed E-state index contributed by atoms with van der Waals surface area (Å²) in [6.45, 7) is 2.16. The summed E-state index contributed by atoms with van der Waals surface area (Å²) in [5, 5.41) is 3.77. The molecule has 4 nitrogen and oxygen atoms in total. The molecule has 0 radical (unpaired) electrons. The van der Waals surface area contributed by atoms with Crippen LogP contribution in [0.4, 0.5) is 4.39 Å². The summed E-state index contributed by atoms with van der Waals surface area (Å²) in [6.07, 6.45) is 0.573. The average Bonchev–Trinajstić information content (AvgIpc) is 2.71. The Morgan fingerprint density at radius 2 is 2.25 bits per heavy atom. The number of rotatable bonds is 3. The fourth-order valence-corrected chi connectivity index (χ4v) is 1.38. The van der Waals surface area contributed by atoms with Crippen molar-refractivity contribution in [2.75, 3.05) is 6.54 Å². The first-order valence-corrected chi connectivity index (χ1v) is 5.00. The predicted molar refractivity (Wildman–Crippen MR) is 57.2 cm³/mol. The minimum Gasteiger partial charge on any atom is -0.334 e. The van der Waals surface area contributed by atoms with E-state index in [1.807, 2.05) is 0 Å². The molecule has 2 aromatic rings. The first-order valence-electron chi connectivity index (χ1n) is 5.00. The van der Waals surface area contributed by atoms with Gasteiger partial charge in [0.2, 0.25) is 0 Å². The average molecular weight is 221 g/mol. The molecule has 5 heteroatoms. The molecule has 1 aromatic carbocycles. The van der Waals surface area contributed by atoms with Gasteiger partial charge in [0.15, 0.2) is 5.82 Å². The molecule has 0 fully saturated rings. The molecule has 0 bridgehead atoms. The van der Waals surface area contributed by atoms with Crippen LogP contribution in [0, 0.1) is 12.7 Å². The van der Waals surface area contributed by atoms with Crippen molar-refractivity contribution in [3.8, 4) is 11.5 Å². The summed E-state index contributed by atoms with van der Waals surface area (Å²) in [5.74, 6) is 0.719. The molecule has 0 unspecified atom stereocenters. The van der Waals surface area contributed by atoms with Gasteiger partial charge in [-0.3, -0.25) is 0 Å². The highest BCUT2D eigenvalue weighted by molar-refractivity contribution is 5.54. The molecule has 0 spiro atoms. The van der Waals surface area contributed by atoms with Crippen LogP contribution in [0.2, 0.25) is 0 Å². The number of nitrogens with zero attached hydrogens (tertiary/aromatic N) is 2. The van der Waals surface area contributed by atoms with Crippen molar-refractivity contribution in [3.05, 3.63) is 35.4 Å². The summed E-state index contributed by atoms with van der Waals surface area (Å²) in [5.41, 5.74) is 6.65. The largest absolute Gasteiger partial charge is 0.334 e. The highest BCUT2D eigenvalue weighted by atomic mass is 19.1. The molecule has 0 aliphatic carbocycles. The Morgan fingerprint density at radius 3 is 2.94 bits per heavy atom. The van der Waals surface area contributed by atoms with Crippen molar-refractivity contribution in [1.29, 1.82) is 0 Å². The van der Waals surface area contributed by atoms with E-state index in [9.17, 15) is 4.39 Å². The van der Waals surface area contributed by atoms with Gasteiger partial charge in [-0.2, -0.15) is 4.98 Å². The zero-order valence-electron chi connectivity index (χ0n) is 8.90. The van der Waals surface area contributed by atoms with Crippen LogP contribution < -0.4 is 5.73 Å². The fourth-order valence-electron chi connectivity index (χ4n) is 1.38. The van der Waals surface area contributed by atoms with Crippen LogP contribution in [-0.2, 0) is 6.42 Å². The van der Waals surface area contributed by atoms with E-state index in [1.165, 1.54) is 6.07 Å². The predicted octanol–water partition coefficient (Wildman–Crippen LogP) is 1.69. The van der Waals surface area contributed by atoms with Crippen molar-refractivity contribution in [2.45, 2.75) is 13.3 Å². The fraction of sp³-hybridized carbons (Fsp3) is 0.273. The second kappa shape index (κ2) is 4.40. The second-order valence-electron chi connectivity index (χ2n) is 3.52. The molecule has 0 aliphatic heterocycles. The Labute approximate surface area is 92.3 Å². The van der Waals surface area contributed by atoms with Crippen molar-refractivity contribution < 1.29 is 8.91 Å². The molecule has 84 valence electrons. The summed E-state index contributed by atoms with van der Waals surface area (Å²) >= 11 is 0. The lowest BCUT2D eigenvalue weighted by molar-refractivity contribution is 0.422. The van der Waals surface area contributed by atoms with Gasteiger partial charge in [0.25, 0.3) is 5.89 Å². The number of aromatic nitrogens is 2. The Balaban J connectivity index is 2.31. The quantitative estimate of drug-likeness (QED) is 0.856. The van der Waals surface area contributed by atoms with Gasteiger partial charge in [-0.25, -0.2) is 4.39 Å². The maximum Gasteiger partial charge on any atom is 0.257 e. The molecule has 0 saturated heterocycles. The van der Waals surface area contributed by atoms with E-state index in [-0.39, 0.29) is 5.82 Å². The number of halogens is 1. The molecule has 16 heavy (non-hydrogen) atoms. The van der Waals surface area contributed by atoms with E-state index >= 15 is 0 Å². The van der Waals surface area contributed by atoms with Gasteiger partial charge in [-0.05, 0) is 37.2 Å². The van der Waals surface area contributed by atoms with Gasteiger partial charge in [0, 0.05) is 12.0 Å².